The van der Waals surface area contributed by atoms with Gasteiger partial charge in [-0.3, -0.25) is 13.6 Å². The van der Waals surface area contributed by atoms with Gasteiger partial charge in [-0.2, -0.15) is 10.2 Å². The van der Waals surface area contributed by atoms with Crippen LogP contribution in [0.3, 0.4) is 0 Å². The zero-order valence-electron chi connectivity index (χ0n) is 19.8. The minimum Gasteiger partial charge on any atom is -0.490 e. The fourth-order valence-electron chi connectivity index (χ4n) is 4.67. The molecule has 1 fully saturated rings. The second-order valence-electron chi connectivity index (χ2n) is 8.79. The molecule has 0 radical (unpaired) electrons. The maximum atomic E-state index is 11.8. The number of anilines is 1. The smallest absolute Gasteiger partial charge is 0.128 e. The molecule has 1 N–H and O–H groups in total. The molecule has 5 rings (SSSR count). The summed E-state index contributed by atoms with van der Waals surface area (Å²) < 4.78 is 22.0. The lowest BCUT2D eigenvalue weighted by molar-refractivity contribution is 0.130. The number of nitrogens with one attached hydrogen (secondary N) is 1. The lowest BCUT2D eigenvalue weighted by Gasteiger charge is -2.29. The largest absolute Gasteiger partial charge is 0.490 e. The van der Waals surface area contributed by atoms with Gasteiger partial charge in [-0.05, 0) is 50.8 Å². The molecule has 9 heteroatoms. The van der Waals surface area contributed by atoms with Gasteiger partial charge >= 0.3 is 0 Å². The maximum absolute atomic E-state index is 11.8. The quantitative estimate of drug-likeness (QED) is 0.419. The van der Waals surface area contributed by atoms with Gasteiger partial charge in [0, 0.05) is 65.0 Å². The van der Waals surface area contributed by atoms with Crippen molar-refractivity contribution in [3.05, 3.63) is 48.9 Å². The molecule has 1 atom stereocenters. The highest BCUT2D eigenvalue weighted by atomic mass is 32.2. The Kier molecular flexibility index (Phi) is 6.36. The predicted molar refractivity (Wildman–Crippen MR) is 135 cm³/mol. The molecule has 1 unspecified atom stereocenters. The van der Waals surface area contributed by atoms with Crippen molar-refractivity contribution >= 4 is 27.5 Å². The van der Waals surface area contributed by atoms with Gasteiger partial charge in [-0.1, -0.05) is 6.07 Å². The average molecular weight is 479 g/mol. The summed E-state index contributed by atoms with van der Waals surface area (Å²) in [5.74, 6) is 1.65. The van der Waals surface area contributed by atoms with Crippen LogP contribution in [0.5, 0.6) is 5.75 Å². The van der Waals surface area contributed by atoms with Gasteiger partial charge in [-0.15, -0.1) is 0 Å². The Labute approximate surface area is 201 Å². The summed E-state index contributed by atoms with van der Waals surface area (Å²) in [4.78, 5) is 5.39. The highest BCUT2D eigenvalue weighted by Gasteiger charge is 2.27. The molecule has 0 aliphatic heterocycles. The van der Waals surface area contributed by atoms with Crippen LogP contribution in [0.2, 0.25) is 0 Å². The number of hydrogen-bond donors (Lipinski definition) is 1. The summed E-state index contributed by atoms with van der Waals surface area (Å²) in [6.45, 7) is 2.89. The van der Waals surface area contributed by atoms with E-state index in [1.807, 2.05) is 49.9 Å². The standard InChI is InChI=1S/C25H30N6O2S/c1-4-26-24-13-23-22(15-27-24)25(17-14-28-30(2)16-17)29-31(23)18-8-10-19(11-9-18)33-20-6-5-7-21(12-20)34(3)32/h5-7,12-16,18-19H,4,8-11H2,1-3H3,(H,26,27). The van der Waals surface area contributed by atoms with Crippen molar-refractivity contribution in [1.29, 1.82) is 0 Å². The van der Waals surface area contributed by atoms with Crippen LogP contribution in [0.25, 0.3) is 22.2 Å². The first kappa shape index (κ1) is 22.6. The number of benzene rings is 1. The Hall–Kier alpha value is -3.20. The van der Waals surface area contributed by atoms with Gasteiger partial charge in [0.05, 0.1) is 23.9 Å². The second-order valence-corrected chi connectivity index (χ2v) is 10.2. The number of aromatic nitrogens is 5. The number of pyridine rings is 1. The number of hydrogen-bond acceptors (Lipinski definition) is 6. The summed E-state index contributed by atoms with van der Waals surface area (Å²) in [5, 5.41) is 13.8. The van der Waals surface area contributed by atoms with Gasteiger partial charge in [0.1, 0.15) is 17.3 Å². The molecule has 1 aliphatic carbocycles. The van der Waals surface area contributed by atoms with E-state index in [2.05, 4.69) is 33.1 Å². The van der Waals surface area contributed by atoms with Crippen molar-refractivity contribution in [2.75, 3.05) is 18.1 Å². The third kappa shape index (κ3) is 4.57. The van der Waals surface area contributed by atoms with Crippen molar-refractivity contribution in [1.82, 2.24) is 24.5 Å². The summed E-state index contributed by atoms with van der Waals surface area (Å²) >= 11 is 0. The van der Waals surface area contributed by atoms with Gasteiger partial charge in [0.25, 0.3) is 0 Å². The van der Waals surface area contributed by atoms with Crippen LogP contribution in [0, 0.1) is 0 Å². The first-order valence-corrected chi connectivity index (χ1v) is 13.3. The third-order valence-corrected chi connectivity index (χ3v) is 7.28. The van der Waals surface area contributed by atoms with E-state index in [0.717, 1.165) is 70.9 Å². The maximum Gasteiger partial charge on any atom is 0.128 e. The van der Waals surface area contributed by atoms with Crippen LogP contribution in [-0.2, 0) is 17.8 Å². The van der Waals surface area contributed by atoms with E-state index in [-0.39, 0.29) is 6.10 Å². The van der Waals surface area contributed by atoms with Crippen LogP contribution in [0.4, 0.5) is 5.82 Å². The molecule has 34 heavy (non-hydrogen) atoms. The molecule has 0 amide bonds. The molecule has 178 valence electrons. The minimum absolute atomic E-state index is 0.149. The van der Waals surface area contributed by atoms with E-state index in [1.54, 1.807) is 10.9 Å². The molecule has 3 heterocycles. The summed E-state index contributed by atoms with van der Waals surface area (Å²) in [7, 11) is 0.903. The van der Waals surface area contributed by atoms with Crippen molar-refractivity contribution in [3.8, 4) is 17.0 Å². The lowest BCUT2D eigenvalue weighted by atomic mass is 9.93. The molecule has 3 aromatic heterocycles. The minimum atomic E-state index is -1.01. The zero-order valence-corrected chi connectivity index (χ0v) is 20.6. The average Bonchev–Trinajstić information content (AvgIpc) is 3.43. The van der Waals surface area contributed by atoms with E-state index >= 15 is 0 Å². The third-order valence-electron chi connectivity index (χ3n) is 6.36. The van der Waals surface area contributed by atoms with Crippen molar-refractivity contribution in [2.24, 2.45) is 7.05 Å². The van der Waals surface area contributed by atoms with Gasteiger partial charge in [-0.25, -0.2) is 4.98 Å². The van der Waals surface area contributed by atoms with Crippen molar-refractivity contribution < 1.29 is 8.95 Å². The zero-order chi connectivity index (χ0) is 23.7. The second kappa shape index (κ2) is 9.58. The highest BCUT2D eigenvalue weighted by Crippen LogP contribution is 2.36. The Morgan fingerprint density at radius 2 is 2.00 bits per heavy atom. The number of aryl methyl sites for hydroxylation is 1. The summed E-state index contributed by atoms with van der Waals surface area (Å²) in [6, 6.07) is 10.0. The first-order chi connectivity index (χ1) is 16.5. The highest BCUT2D eigenvalue weighted by molar-refractivity contribution is 7.84. The fraction of sp³-hybridized carbons (Fsp3) is 0.400. The summed E-state index contributed by atoms with van der Waals surface area (Å²) in [5.41, 5.74) is 3.00. The van der Waals surface area contributed by atoms with E-state index in [4.69, 9.17) is 9.84 Å². The molecular weight excluding hydrogens is 448 g/mol. The van der Waals surface area contributed by atoms with E-state index < -0.39 is 10.8 Å². The molecular formula is C25H30N6O2S. The van der Waals surface area contributed by atoms with Crippen LogP contribution in [0.15, 0.2) is 53.8 Å². The van der Waals surface area contributed by atoms with E-state index in [9.17, 15) is 4.21 Å². The Balaban J connectivity index is 1.38. The topological polar surface area (TPSA) is 86.9 Å². The monoisotopic (exact) mass is 478 g/mol. The Morgan fingerprint density at radius 1 is 1.18 bits per heavy atom. The normalized spacial score (nSPS) is 19.3. The molecule has 8 nitrogen and oxygen atoms in total. The van der Waals surface area contributed by atoms with Crippen LogP contribution < -0.4 is 10.1 Å². The van der Waals surface area contributed by atoms with Crippen molar-refractivity contribution in [3.63, 3.8) is 0 Å². The lowest BCUT2D eigenvalue weighted by Crippen LogP contribution is -2.26. The molecule has 0 spiro atoms. The number of rotatable bonds is 7. The van der Waals surface area contributed by atoms with Gasteiger partial charge in [0.2, 0.25) is 0 Å². The van der Waals surface area contributed by atoms with Gasteiger partial charge < -0.3 is 10.1 Å². The number of nitrogens with zero attached hydrogens (tertiary/aromatic N) is 5. The van der Waals surface area contributed by atoms with Crippen molar-refractivity contribution in [2.45, 2.75) is 49.6 Å². The molecule has 4 aromatic rings. The first-order valence-electron chi connectivity index (χ1n) is 11.7. The number of fused-ring (bicyclic) bond motifs is 1. The molecule has 1 aromatic carbocycles. The number of ether oxygens (including phenoxy) is 1. The van der Waals surface area contributed by atoms with Gasteiger partial charge in [0.15, 0.2) is 0 Å². The summed E-state index contributed by atoms with van der Waals surface area (Å²) in [6.07, 6.45) is 11.4. The molecule has 0 saturated heterocycles. The predicted octanol–water partition coefficient (Wildman–Crippen LogP) is 4.56. The molecule has 0 bridgehead atoms. The van der Waals surface area contributed by atoms with E-state index in [1.165, 1.54) is 0 Å². The van der Waals surface area contributed by atoms with Crippen LogP contribution >= 0.6 is 0 Å². The Morgan fingerprint density at radius 3 is 2.71 bits per heavy atom. The van der Waals surface area contributed by atoms with E-state index in [0.29, 0.717) is 6.04 Å². The van der Waals surface area contributed by atoms with Crippen LogP contribution in [0.1, 0.15) is 38.6 Å². The Bertz CT molecular complexity index is 1320. The fourth-order valence-corrected chi connectivity index (χ4v) is 5.22. The molecule has 1 aliphatic rings. The molecule has 1 saturated carbocycles. The SMILES string of the molecule is CCNc1cc2c(cn1)c(-c1cnn(C)c1)nn2C1CCC(Oc2cccc(S(C)=O)c2)CC1. The van der Waals surface area contributed by atoms with Crippen LogP contribution in [-0.4, -0.2) is 47.7 Å².